The molecule has 0 aliphatic carbocycles. The molecule has 1 aromatic rings. The Morgan fingerprint density at radius 2 is 2.07 bits per heavy atom. The van der Waals surface area contributed by atoms with E-state index >= 15 is 0 Å². The van der Waals surface area contributed by atoms with Crippen LogP contribution in [-0.2, 0) is 0 Å². The first-order valence-corrected chi connectivity index (χ1v) is 7.01. The highest BCUT2D eigenvalue weighted by Crippen LogP contribution is 2.45. The Labute approximate surface area is 98.4 Å². The molecule has 82 valence electrons. The minimum Gasteiger partial charge on any atom is -0.504 e. The van der Waals surface area contributed by atoms with Gasteiger partial charge in [0.25, 0.3) is 0 Å². The van der Waals surface area contributed by atoms with E-state index in [0.717, 1.165) is 0 Å². The molecular weight excluding hydrogens is 228 g/mol. The molecule has 1 aliphatic rings. The van der Waals surface area contributed by atoms with E-state index in [1.807, 2.05) is 35.7 Å². The van der Waals surface area contributed by atoms with Gasteiger partial charge in [0, 0.05) is 0 Å². The second-order valence-corrected chi connectivity index (χ2v) is 6.08. The van der Waals surface area contributed by atoms with E-state index < -0.39 is 0 Å². The molecule has 1 aliphatic heterocycles. The van der Waals surface area contributed by atoms with Crippen molar-refractivity contribution in [3.8, 4) is 11.5 Å². The molecule has 1 heterocycles. The van der Waals surface area contributed by atoms with Crippen LogP contribution in [0.1, 0.15) is 16.6 Å². The Hall–Kier alpha value is -0.480. The van der Waals surface area contributed by atoms with Crippen molar-refractivity contribution in [1.29, 1.82) is 0 Å². The quantitative estimate of drug-likeness (QED) is 0.862. The third-order valence-corrected chi connectivity index (χ3v) is 5.32. The zero-order valence-electron chi connectivity index (χ0n) is 8.60. The van der Waals surface area contributed by atoms with Crippen LogP contribution in [0.25, 0.3) is 0 Å². The van der Waals surface area contributed by atoms with E-state index in [1.54, 1.807) is 13.2 Å². The van der Waals surface area contributed by atoms with Gasteiger partial charge in [-0.1, -0.05) is 6.07 Å². The topological polar surface area (TPSA) is 29.5 Å². The number of methoxy groups -OCH3 is 1. The Morgan fingerprint density at radius 3 is 2.73 bits per heavy atom. The fourth-order valence-corrected chi connectivity index (χ4v) is 4.39. The zero-order valence-corrected chi connectivity index (χ0v) is 10.2. The molecule has 0 radical (unpaired) electrons. The SMILES string of the molecule is COc1cc(C2SCCCS2)ccc1O. The summed E-state index contributed by atoms with van der Waals surface area (Å²) in [5.74, 6) is 3.23. The van der Waals surface area contributed by atoms with E-state index in [2.05, 4.69) is 0 Å². The summed E-state index contributed by atoms with van der Waals surface area (Å²) in [5.41, 5.74) is 1.24. The van der Waals surface area contributed by atoms with Crippen molar-refractivity contribution in [1.82, 2.24) is 0 Å². The van der Waals surface area contributed by atoms with Gasteiger partial charge in [-0.15, -0.1) is 23.5 Å². The predicted octanol–water partition coefficient (Wildman–Crippen LogP) is 3.27. The van der Waals surface area contributed by atoms with Crippen LogP contribution in [0.4, 0.5) is 0 Å². The fraction of sp³-hybridized carbons (Fsp3) is 0.455. The van der Waals surface area contributed by atoms with Gasteiger partial charge in [-0.05, 0) is 35.6 Å². The van der Waals surface area contributed by atoms with Gasteiger partial charge in [0.1, 0.15) is 0 Å². The Bertz CT molecular complexity index is 335. The van der Waals surface area contributed by atoms with Crippen LogP contribution in [0.5, 0.6) is 11.5 Å². The maximum absolute atomic E-state index is 9.49. The number of thioether (sulfide) groups is 2. The van der Waals surface area contributed by atoms with Gasteiger partial charge in [0.15, 0.2) is 11.5 Å². The second kappa shape index (κ2) is 5.03. The molecule has 0 spiro atoms. The third kappa shape index (κ3) is 2.55. The summed E-state index contributed by atoms with van der Waals surface area (Å²) in [5, 5.41) is 9.49. The maximum Gasteiger partial charge on any atom is 0.160 e. The largest absolute Gasteiger partial charge is 0.504 e. The Kier molecular flexibility index (Phi) is 3.70. The monoisotopic (exact) mass is 242 g/mol. The molecule has 2 rings (SSSR count). The number of ether oxygens (including phenoxy) is 1. The summed E-state index contributed by atoms with van der Waals surface area (Å²) in [6.45, 7) is 0. The van der Waals surface area contributed by atoms with Gasteiger partial charge in [0.05, 0.1) is 11.7 Å². The minimum absolute atomic E-state index is 0.215. The summed E-state index contributed by atoms with van der Waals surface area (Å²) >= 11 is 3.93. The highest BCUT2D eigenvalue weighted by Gasteiger charge is 2.17. The van der Waals surface area contributed by atoms with Crippen LogP contribution in [0.15, 0.2) is 18.2 Å². The van der Waals surface area contributed by atoms with Gasteiger partial charge >= 0.3 is 0 Å². The number of hydrogen-bond acceptors (Lipinski definition) is 4. The van der Waals surface area contributed by atoms with Crippen molar-refractivity contribution in [2.75, 3.05) is 18.6 Å². The fourth-order valence-electron chi connectivity index (χ4n) is 1.52. The molecule has 0 aromatic heterocycles. The van der Waals surface area contributed by atoms with Gasteiger partial charge in [-0.3, -0.25) is 0 Å². The molecule has 15 heavy (non-hydrogen) atoms. The molecule has 0 bridgehead atoms. The lowest BCUT2D eigenvalue weighted by atomic mass is 10.2. The highest BCUT2D eigenvalue weighted by molar-refractivity contribution is 8.16. The van der Waals surface area contributed by atoms with Crippen molar-refractivity contribution >= 4 is 23.5 Å². The Balaban J connectivity index is 2.20. The average Bonchev–Trinajstić information content (AvgIpc) is 2.31. The molecule has 4 heteroatoms. The van der Waals surface area contributed by atoms with Gasteiger partial charge < -0.3 is 9.84 Å². The average molecular weight is 242 g/mol. The minimum atomic E-state index is 0.215. The summed E-state index contributed by atoms with van der Waals surface area (Å²) in [6.07, 6.45) is 1.29. The number of benzene rings is 1. The lowest BCUT2D eigenvalue weighted by molar-refractivity contribution is 0.373. The lowest BCUT2D eigenvalue weighted by Gasteiger charge is -2.21. The van der Waals surface area contributed by atoms with Gasteiger partial charge in [-0.25, -0.2) is 0 Å². The number of phenolic OH excluding ortho intramolecular Hbond substituents is 1. The number of phenols is 1. The van der Waals surface area contributed by atoms with Crippen LogP contribution in [0.3, 0.4) is 0 Å². The molecule has 0 amide bonds. The molecule has 2 nitrogen and oxygen atoms in total. The summed E-state index contributed by atoms with van der Waals surface area (Å²) in [6, 6.07) is 5.63. The van der Waals surface area contributed by atoms with E-state index in [0.29, 0.717) is 10.3 Å². The summed E-state index contributed by atoms with van der Waals surface area (Å²) in [4.78, 5) is 0. The van der Waals surface area contributed by atoms with Gasteiger partial charge in [-0.2, -0.15) is 0 Å². The van der Waals surface area contributed by atoms with Crippen molar-refractivity contribution in [2.24, 2.45) is 0 Å². The van der Waals surface area contributed by atoms with Gasteiger partial charge in [0.2, 0.25) is 0 Å². The van der Waals surface area contributed by atoms with E-state index in [4.69, 9.17) is 4.74 Å². The van der Waals surface area contributed by atoms with Crippen LogP contribution >= 0.6 is 23.5 Å². The van der Waals surface area contributed by atoms with Crippen molar-refractivity contribution in [3.63, 3.8) is 0 Å². The van der Waals surface area contributed by atoms with E-state index in [9.17, 15) is 5.11 Å². The molecule has 1 N–H and O–H groups in total. The number of aromatic hydroxyl groups is 1. The zero-order chi connectivity index (χ0) is 10.7. The van der Waals surface area contributed by atoms with Crippen molar-refractivity contribution in [3.05, 3.63) is 23.8 Å². The van der Waals surface area contributed by atoms with Crippen molar-refractivity contribution in [2.45, 2.75) is 11.0 Å². The first-order valence-electron chi connectivity index (χ1n) is 4.91. The number of hydrogen-bond donors (Lipinski definition) is 1. The van der Waals surface area contributed by atoms with Crippen LogP contribution in [0.2, 0.25) is 0 Å². The van der Waals surface area contributed by atoms with E-state index in [-0.39, 0.29) is 5.75 Å². The highest BCUT2D eigenvalue weighted by atomic mass is 32.2. The second-order valence-electron chi connectivity index (χ2n) is 3.36. The normalized spacial score (nSPS) is 17.7. The van der Waals surface area contributed by atoms with Crippen LogP contribution in [-0.4, -0.2) is 23.7 Å². The molecule has 0 atom stereocenters. The standard InChI is InChI=1S/C11H14O2S2/c1-13-10-7-8(3-4-9(10)12)11-14-5-2-6-15-11/h3-4,7,11-12H,2,5-6H2,1H3. The van der Waals surface area contributed by atoms with E-state index in [1.165, 1.54) is 23.5 Å². The third-order valence-electron chi connectivity index (χ3n) is 2.30. The number of rotatable bonds is 2. The molecule has 1 saturated heterocycles. The lowest BCUT2D eigenvalue weighted by Crippen LogP contribution is -2.00. The van der Waals surface area contributed by atoms with Crippen LogP contribution in [0, 0.1) is 0 Å². The summed E-state index contributed by atoms with van der Waals surface area (Å²) in [7, 11) is 1.58. The summed E-state index contributed by atoms with van der Waals surface area (Å²) < 4.78 is 5.60. The van der Waals surface area contributed by atoms with Crippen LogP contribution < -0.4 is 4.74 Å². The first kappa shape index (κ1) is 11.0. The smallest absolute Gasteiger partial charge is 0.160 e. The first-order chi connectivity index (χ1) is 7.31. The van der Waals surface area contributed by atoms with Crippen molar-refractivity contribution < 1.29 is 9.84 Å². The maximum atomic E-state index is 9.49. The Morgan fingerprint density at radius 1 is 1.33 bits per heavy atom. The molecule has 0 saturated carbocycles. The molecule has 1 aromatic carbocycles. The predicted molar refractivity (Wildman–Crippen MR) is 66.9 cm³/mol. The molecule has 0 unspecified atom stereocenters. The molecular formula is C11H14O2S2. The molecule has 1 fully saturated rings.